The lowest BCUT2D eigenvalue weighted by Gasteiger charge is -2.40. The van der Waals surface area contributed by atoms with Crippen LogP contribution in [0.2, 0.25) is 0 Å². The van der Waals surface area contributed by atoms with Crippen molar-refractivity contribution < 1.29 is 14.3 Å². The molecule has 7 nitrogen and oxygen atoms in total. The Kier molecular flexibility index (Phi) is 4.77. The van der Waals surface area contributed by atoms with Crippen LogP contribution < -0.4 is 10.6 Å². The van der Waals surface area contributed by atoms with Crippen molar-refractivity contribution in [3.63, 3.8) is 0 Å². The molecular weight excluding hydrogens is 296 g/mol. The smallest absolute Gasteiger partial charge is 0.410 e. The number of pyridine rings is 1. The number of rotatable bonds is 3. The fourth-order valence-corrected chi connectivity index (χ4v) is 2.23. The maximum absolute atomic E-state index is 11.9. The van der Waals surface area contributed by atoms with Crippen LogP contribution in [0.5, 0.6) is 0 Å². The monoisotopic (exact) mass is 320 g/mol. The molecule has 1 aliphatic rings. The first kappa shape index (κ1) is 17.1. The highest BCUT2D eigenvalue weighted by Gasteiger charge is 2.33. The molecule has 23 heavy (non-hydrogen) atoms. The quantitative estimate of drug-likeness (QED) is 0.887. The molecule has 1 saturated heterocycles. The SMILES string of the molecule is CNC(=O)c1ccc(NC2CN(C(=O)OC(C)(C)C)C2)c(C)n1. The lowest BCUT2D eigenvalue weighted by Crippen LogP contribution is -2.58. The number of carbonyl (C=O) groups excluding carboxylic acids is 2. The van der Waals surface area contributed by atoms with Gasteiger partial charge in [0.25, 0.3) is 5.91 Å². The lowest BCUT2D eigenvalue weighted by atomic mass is 10.1. The van der Waals surface area contributed by atoms with Crippen molar-refractivity contribution in [2.24, 2.45) is 0 Å². The number of anilines is 1. The fourth-order valence-electron chi connectivity index (χ4n) is 2.23. The van der Waals surface area contributed by atoms with Gasteiger partial charge in [-0.25, -0.2) is 9.78 Å². The molecule has 1 fully saturated rings. The van der Waals surface area contributed by atoms with Gasteiger partial charge in [-0.2, -0.15) is 0 Å². The highest BCUT2D eigenvalue weighted by Crippen LogP contribution is 2.20. The number of nitrogens with one attached hydrogen (secondary N) is 2. The molecule has 0 unspecified atom stereocenters. The summed E-state index contributed by atoms with van der Waals surface area (Å²) in [4.78, 5) is 29.4. The number of carbonyl (C=O) groups is 2. The number of amides is 2. The van der Waals surface area contributed by atoms with Crippen LogP contribution in [-0.4, -0.2) is 53.7 Å². The van der Waals surface area contributed by atoms with Crippen molar-refractivity contribution in [3.8, 4) is 0 Å². The molecule has 1 aromatic heterocycles. The van der Waals surface area contributed by atoms with Gasteiger partial charge >= 0.3 is 6.09 Å². The summed E-state index contributed by atoms with van der Waals surface area (Å²) in [6.07, 6.45) is -0.291. The van der Waals surface area contributed by atoms with Crippen molar-refractivity contribution in [2.45, 2.75) is 39.3 Å². The Balaban J connectivity index is 1.88. The first-order valence-electron chi connectivity index (χ1n) is 7.64. The van der Waals surface area contributed by atoms with Crippen LogP contribution in [0.1, 0.15) is 37.0 Å². The Hall–Kier alpha value is -2.31. The van der Waals surface area contributed by atoms with Crippen molar-refractivity contribution in [1.82, 2.24) is 15.2 Å². The molecule has 0 saturated carbocycles. The number of hydrogen-bond acceptors (Lipinski definition) is 5. The maximum atomic E-state index is 11.9. The zero-order chi connectivity index (χ0) is 17.2. The van der Waals surface area contributed by atoms with Crippen molar-refractivity contribution in [1.29, 1.82) is 0 Å². The van der Waals surface area contributed by atoms with Gasteiger partial charge in [0, 0.05) is 20.1 Å². The molecular formula is C16H24N4O3. The molecule has 1 aliphatic heterocycles. The molecule has 0 aliphatic carbocycles. The largest absolute Gasteiger partial charge is 0.444 e. The summed E-state index contributed by atoms with van der Waals surface area (Å²) >= 11 is 0. The predicted octanol–water partition coefficient (Wildman–Crippen LogP) is 1.78. The van der Waals surface area contributed by atoms with Gasteiger partial charge in [-0.05, 0) is 39.8 Å². The first-order chi connectivity index (χ1) is 10.7. The zero-order valence-corrected chi connectivity index (χ0v) is 14.3. The fraction of sp³-hybridized carbons (Fsp3) is 0.562. The normalized spacial score (nSPS) is 14.9. The highest BCUT2D eigenvalue weighted by molar-refractivity contribution is 5.92. The summed E-state index contributed by atoms with van der Waals surface area (Å²) < 4.78 is 5.32. The molecule has 2 N–H and O–H groups in total. The highest BCUT2D eigenvalue weighted by atomic mass is 16.6. The van der Waals surface area contributed by atoms with E-state index in [1.54, 1.807) is 18.0 Å². The van der Waals surface area contributed by atoms with E-state index in [9.17, 15) is 9.59 Å². The minimum atomic E-state index is -0.480. The summed E-state index contributed by atoms with van der Waals surface area (Å²) in [5.74, 6) is -0.209. The van der Waals surface area contributed by atoms with Gasteiger partial charge in [0.2, 0.25) is 0 Å². The van der Waals surface area contributed by atoms with Crippen molar-refractivity contribution in [3.05, 3.63) is 23.5 Å². The van der Waals surface area contributed by atoms with Gasteiger partial charge in [-0.3, -0.25) is 4.79 Å². The van der Waals surface area contributed by atoms with Crippen molar-refractivity contribution >= 4 is 17.7 Å². The maximum Gasteiger partial charge on any atom is 0.410 e. The van der Waals surface area contributed by atoms with E-state index in [1.807, 2.05) is 33.8 Å². The minimum Gasteiger partial charge on any atom is -0.444 e. The summed E-state index contributed by atoms with van der Waals surface area (Å²) in [7, 11) is 1.57. The Morgan fingerprint density at radius 2 is 1.96 bits per heavy atom. The number of ether oxygens (including phenoxy) is 1. The van der Waals surface area contributed by atoms with Crippen LogP contribution in [0.25, 0.3) is 0 Å². The summed E-state index contributed by atoms with van der Waals surface area (Å²) in [6, 6.07) is 3.68. The molecule has 0 spiro atoms. The average molecular weight is 320 g/mol. The molecule has 2 heterocycles. The van der Waals surface area contributed by atoms with Crippen LogP contribution in [-0.2, 0) is 4.74 Å². The molecule has 1 aromatic rings. The summed E-state index contributed by atoms with van der Waals surface area (Å²) in [5, 5.41) is 5.88. The summed E-state index contributed by atoms with van der Waals surface area (Å²) in [6.45, 7) is 8.58. The third kappa shape index (κ3) is 4.34. The van der Waals surface area contributed by atoms with Crippen LogP contribution in [0.15, 0.2) is 12.1 Å². The first-order valence-corrected chi connectivity index (χ1v) is 7.64. The topological polar surface area (TPSA) is 83.6 Å². The predicted molar refractivity (Wildman–Crippen MR) is 87.6 cm³/mol. The van der Waals surface area contributed by atoms with Crippen LogP contribution in [0.3, 0.4) is 0 Å². The third-order valence-electron chi connectivity index (χ3n) is 3.44. The number of nitrogens with zero attached hydrogens (tertiary/aromatic N) is 2. The second-order valence-corrected chi connectivity index (χ2v) is 6.64. The Bertz CT molecular complexity index is 604. The second-order valence-electron chi connectivity index (χ2n) is 6.64. The average Bonchev–Trinajstić information content (AvgIpc) is 2.40. The molecule has 126 valence electrons. The van der Waals surface area contributed by atoms with E-state index in [1.165, 1.54) is 0 Å². The van der Waals surface area contributed by atoms with E-state index in [0.29, 0.717) is 18.8 Å². The summed E-state index contributed by atoms with van der Waals surface area (Å²) in [5.41, 5.74) is 1.53. The molecule has 0 atom stereocenters. The van der Waals surface area contributed by atoms with E-state index >= 15 is 0 Å². The Labute approximate surface area is 136 Å². The van der Waals surface area contributed by atoms with E-state index in [-0.39, 0.29) is 18.0 Å². The molecule has 0 bridgehead atoms. The standard InChI is InChI=1S/C16H24N4O3/c1-10-12(6-7-13(18-10)14(21)17-5)19-11-8-20(9-11)15(22)23-16(2,3)4/h6-7,11,19H,8-9H2,1-5H3,(H,17,21). The number of aryl methyl sites for hydroxylation is 1. The van der Waals surface area contributed by atoms with Gasteiger partial charge in [0.1, 0.15) is 11.3 Å². The van der Waals surface area contributed by atoms with Gasteiger partial charge in [0.05, 0.1) is 17.4 Å². The van der Waals surface area contributed by atoms with Gasteiger partial charge in [0.15, 0.2) is 0 Å². The van der Waals surface area contributed by atoms with E-state index in [2.05, 4.69) is 15.6 Å². The molecule has 2 amide bonds. The molecule has 2 rings (SSSR count). The molecule has 0 aromatic carbocycles. The van der Waals surface area contributed by atoms with Crippen LogP contribution in [0.4, 0.5) is 10.5 Å². The minimum absolute atomic E-state index is 0.161. The van der Waals surface area contributed by atoms with Crippen molar-refractivity contribution in [2.75, 3.05) is 25.5 Å². The second kappa shape index (κ2) is 6.44. The third-order valence-corrected chi connectivity index (χ3v) is 3.44. The van der Waals surface area contributed by atoms with Gasteiger partial charge in [-0.1, -0.05) is 0 Å². The molecule has 0 radical (unpaired) electrons. The van der Waals surface area contributed by atoms with Crippen LogP contribution in [0, 0.1) is 6.92 Å². The van der Waals surface area contributed by atoms with Gasteiger partial charge in [-0.15, -0.1) is 0 Å². The van der Waals surface area contributed by atoms with E-state index in [0.717, 1.165) is 11.4 Å². The van der Waals surface area contributed by atoms with Gasteiger partial charge < -0.3 is 20.3 Å². The number of likely N-dealkylation sites (tertiary alicyclic amines) is 1. The van der Waals surface area contributed by atoms with Crippen LogP contribution >= 0.6 is 0 Å². The Morgan fingerprint density at radius 1 is 1.30 bits per heavy atom. The van der Waals surface area contributed by atoms with E-state index < -0.39 is 5.60 Å². The van der Waals surface area contributed by atoms with E-state index in [4.69, 9.17) is 4.74 Å². The Morgan fingerprint density at radius 3 is 2.48 bits per heavy atom. The molecule has 7 heteroatoms. The number of hydrogen-bond donors (Lipinski definition) is 2. The zero-order valence-electron chi connectivity index (χ0n) is 14.3. The number of aromatic nitrogens is 1. The lowest BCUT2D eigenvalue weighted by molar-refractivity contribution is 0.0105.